The highest BCUT2D eigenvalue weighted by Gasteiger charge is 2.35. The van der Waals surface area contributed by atoms with Gasteiger partial charge in [-0.15, -0.1) is 0 Å². The van der Waals surface area contributed by atoms with Gasteiger partial charge in [0.1, 0.15) is 11.7 Å². The van der Waals surface area contributed by atoms with Crippen molar-refractivity contribution in [2.75, 3.05) is 18.5 Å². The van der Waals surface area contributed by atoms with Crippen LogP contribution in [-0.2, 0) is 4.79 Å². The first-order chi connectivity index (χ1) is 18.2. The normalized spacial score (nSPS) is 17.3. The number of hydrogen-bond acceptors (Lipinski definition) is 6. The number of likely N-dealkylation sites (N-methyl/N-ethyl adjacent to an activating group) is 1. The molecule has 0 aliphatic carbocycles. The molecule has 3 aromatic rings. The zero-order valence-electron chi connectivity index (χ0n) is 21.5. The van der Waals surface area contributed by atoms with Crippen molar-refractivity contribution in [3.05, 3.63) is 87.8 Å². The molecular formula is C29H29ClN6O2. The van der Waals surface area contributed by atoms with E-state index in [2.05, 4.69) is 10.3 Å². The Labute approximate surface area is 226 Å². The number of aromatic nitrogens is 1. The molecule has 1 fully saturated rings. The maximum Gasteiger partial charge on any atom is 0.267 e. The molecule has 3 heterocycles. The number of halogens is 1. The Morgan fingerprint density at radius 2 is 2.00 bits per heavy atom. The number of pyridine rings is 1. The highest BCUT2D eigenvalue weighted by molar-refractivity contribution is 6.31. The van der Waals surface area contributed by atoms with Crippen LogP contribution in [-0.4, -0.2) is 41.6 Å². The van der Waals surface area contributed by atoms with Gasteiger partial charge in [0, 0.05) is 47.3 Å². The Bertz CT molecular complexity index is 1470. The number of primary amides is 1. The summed E-state index contributed by atoms with van der Waals surface area (Å²) in [6, 6.07) is 14.0. The summed E-state index contributed by atoms with van der Waals surface area (Å²) in [5, 5.41) is 3.92. The van der Waals surface area contributed by atoms with Crippen LogP contribution in [0.2, 0.25) is 5.02 Å². The number of allylic oxidation sites excluding steroid dienone is 1. The molecular weight excluding hydrogens is 500 g/mol. The third-order valence-corrected chi connectivity index (χ3v) is 6.99. The number of carbonyl (C=O) groups excluding carboxylic acids is 2. The molecule has 1 saturated heterocycles. The average Bonchev–Trinajstić information content (AvgIpc) is 3.39. The SMILES string of the molecule is Cc1cc(Cl)cc(N2C=Nc3cc(C)c(-c4cccc(C(N)=O)n4)cc3C2C(=O)N(C)/C=C2\CCCN2)c1. The van der Waals surface area contributed by atoms with Crippen molar-refractivity contribution in [2.45, 2.75) is 32.7 Å². The van der Waals surface area contributed by atoms with Crippen LogP contribution in [0.4, 0.5) is 11.4 Å². The molecule has 0 spiro atoms. The van der Waals surface area contributed by atoms with E-state index in [-0.39, 0.29) is 11.6 Å². The van der Waals surface area contributed by atoms with E-state index in [0.29, 0.717) is 16.4 Å². The third kappa shape index (κ3) is 4.99. The number of carbonyl (C=O) groups is 2. The minimum atomic E-state index is -0.706. The molecule has 0 saturated carbocycles. The molecule has 38 heavy (non-hydrogen) atoms. The second kappa shape index (κ2) is 10.3. The molecule has 2 amide bonds. The molecule has 2 aromatic carbocycles. The number of anilines is 1. The average molecular weight is 529 g/mol. The van der Waals surface area contributed by atoms with Crippen LogP contribution in [0, 0.1) is 13.8 Å². The van der Waals surface area contributed by atoms with E-state index in [4.69, 9.17) is 22.3 Å². The fourth-order valence-corrected chi connectivity index (χ4v) is 5.21. The van der Waals surface area contributed by atoms with Crippen LogP contribution in [0.25, 0.3) is 11.3 Å². The summed E-state index contributed by atoms with van der Waals surface area (Å²) in [5.41, 5.74) is 12.2. The van der Waals surface area contributed by atoms with Gasteiger partial charge in [0.2, 0.25) is 0 Å². The lowest BCUT2D eigenvalue weighted by molar-refractivity contribution is -0.129. The number of aryl methyl sites for hydroxylation is 2. The summed E-state index contributed by atoms with van der Waals surface area (Å²) in [7, 11) is 1.77. The monoisotopic (exact) mass is 528 g/mol. The molecule has 2 aliphatic heterocycles. The van der Waals surface area contributed by atoms with Crippen molar-refractivity contribution < 1.29 is 9.59 Å². The minimum Gasteiger partial charge on any atom is -0.387 e. The van der Waals surface area contributed by atoms with Gasteiger partial charge >= 0.3 is 0 Å². The standard InChI is InChI=1S/C29H29ClN6O2/c1-17-10-19(30)13-21(11-17)36-16-33-26-12-18(2)22(24-7-4-8-25(34-24)28(31)37)14-23(26)27(36)29(38)35(3)15-20-6-5-9-32-20/h4,7-8,10-16,27,32H,5-6,9H2,1-3H3,(H2,31,37)/b20-15+. The van der Waals surface area contributed by atoms with Crippen molar-refractivity contribution in [1.82, 2.24) is 15.2 Å². The number of nitrogens with zero attached hydrogens (tertiary/aromatic N) is 4. The van der Waals surface area contributed by atoms with E-state index in [1.54, 1.807) is 30.4 Å². The molecule has 5 rings (SSSR count). The predicted octanol–water partition coefficient (Wildman–Crippen LogP) is 5.02. The van der Waals surface area contributed by atoms with Gasteiger partial charge in [-0.1, -0.05) is 17.7 Å². The Morgan fingerprint density at radius 1 is 1.18 bits per heavy atom. The first-order valence-corrected chi connectivity index (χ1v) is 12.8. The number of hydrogen-bond donors (Lipinski definition) is 2. The first-order valence-electron chi connectivity index (χ1n) is 12.4. The maximum atomic E-state index is 14.1. The summed E-state index contributed by atoms with van der Waals surface area (Å²) >= 11 is 6.41. The van der Waals surface area contributed by atoms with Gasteiger partial charge in [0.05, 0.1) is 17.7 Å². The maximum absolute atomic E-state index is 14.1. The number of nitrogens with two attached hydrogens (primary N) is 1. The van der Waals surface area contributed by atoms with Gasteiger partial charge < -0.3 is 20.9 Å². The molecule has 3 N–H and O–H groups in total. The first kappa shape index (κ1) is 25.5. The summed E-state index contributed by atoms with van der Waals surface area (Å²) in [6.07, 6.45) is 5.51. The topological polar surface area (TPSA) is 104 Å². The second-order valence-corrected chi connectivity index (χ2v) is 10.1. The van der Waals surface area contributed by atoms with E-state index in [9.17, 15) is 9.59 Å². The van der Waals surface area contributed by atoms with Crippen LogP contribution in [0.5, 0.6) is 0 Å². The van der Waals surface area contributed by atoms with Crippen molar-refractivity contribution >= 4 is 41.1 Å². The fourth-order valence-electron chi connectivity index (χ4n) is 4.93. The number of amides is 2. The van der Waals surface area contributed by atoms with Gasteiger partial charge in [-0.25, -0.2) is 9.98 Å². The zero-order valence-corrected chi connectivity index (χ0v) is 22.3. The van der Waals surface area contributed by atoms with Crippen LogP contribution in [0.3, 0.4) is 0 Å². The van der Waals surface area contributed by atoms with Crippen LogP contribution in [0.15, 0.2) is 65.4 Å². The highest BCUT2D eigenvalue weighted by Crippen LogP contribution is 2.41. The van der Waals surface area contributed by atoms with E-state index in [0.717, 1.165) is 53.0 Å². The molecule has 1 unspecified atom stereocenters. The largest absolute Gasteiger partial charge is 0.387 e. The van der Waals surface area contributed by atoms with Gasteiger partial charge in [-0.3, -0.25) is 9.59 Å². The minimum absolute atomic E-state index is 0.120. The summed E-state index contributed by atoms with van der Waals surface area (Å²) in [5.74, 6) is -0.720. The summed E-state index contributed by atoms with van der Waals surface area (Å²) in [4.78, 5) is 38.6. The zero-order chi connectivity index (χ0) is 27.0. The lowest BCUT2D eigenvalue weighted by Gasteiger charge is -2.35. The van der Waals surface area contributed by atoms with E-state index in [1.165, 1.54) is 0 Å². The highest BCUT2D eigenvalue weighted by atomic mass is 35.5. The van der Waals surface area contributed by atoms with Gasteiger partial charge in [-0.05, 0) is 80.3 Å². The van der Waals surface area contributed by atoms with Crippen LogP contribution < -0.4 is 16.0 Å². The summed E-state index contributed by atoms with van der Waals surface area (Å²) < 4.78 is 0. The Kier molecular flexibility index (Phi) is 6.91. The Hall–Kier alpha value is -4.17. The van der Waals surface area contributed by atoms with Crippen molar-refractivity contribution in [3.63, 3.8) is 0 Å². The Balaban J connectivity index is 1.65. The molecule has 0 radical (unpaired) electrons. The predicted molar refractivity (Wildman–Crippen MR) is 151 cm³/mol. The van der Waals surface area contributed by atoms with Crippen LogP contribution in [0.1, 0.15) is 46.1 Å². The number of fused-ring (bicyclic) bond motifs is 1. The van der Waals surface area contributed by atoms with Gasteiger partial charge in [0.15, 0.2) is 0 Å². The lowest BCUT2D eigenvalue weighted by atomic mass is 9.93. The quantitative estimate of drug-likeness (QED) is 0.484. The van der Waals surface area contributed by atoms with E-state index < -0.39 is 11.9 Å². The Morgan fingerprint density at radius 3 is 2.71 bits per heavy atom. The van der Waals surface area contributed by atoms with Crippen molar-refractivity contribution in [3.8, 4) is 11.3 Å². The molecule has 1 aromatic heterocycles. The van der Waals surface area contributed by atoms with Gasteiger partial charge in [-0.2, -0.15) is 0 Å². The molecule has 1 atom stereocenters. The van der Waals surface area contributed by atoms with Gasteiger partial charge in [0.25, 0.3) is 11.8 Å². The van der Waals surface area contributed by atoms with Crippen molar-refractivity contribution in [2.24, 2.45) is 10.7 Å². The fraction of sp³-hybridized carbons (Fsp3) is 0.241. The molecule has 8 nitrogen and oxygen atoms in total. The van der Waals surface area contributed by atoms with Crippen molar-refractivity contribution in [1.29, 1.82) is 0 Å². The number of benzene rings is 2. The second-order valence-electron chi connectivity index (χ2n) is 9.67. The number of aliphatic imine (C=N–C) groups is 1. The molecule has 2 aliphatic rings. The third-order valence-electron chi connectivity index (χ3n) is 6.78. The number of nitrogens with one attached hydrogen (secondary N) is 1. The number of rotatable bonds is 5. The molecule has 9 heteroatoms. The van der Waals surface area contributed by atoms with Crippen LogP contribution >= 0.6 is 11.6 Å². The van der Waals surface area contributed by atoms with E-state index >= 15 is 0 Å². The smallest absolute Gasteiger partial charge is 0.267 e. The summed E-state index contributed by atoms with van der Waals surface area (Å²) in [6.45, 7) is 4.82. The van der Waals surface area contributed by atoms with E-state index in [1.807, 2.05) is 61.3 Å². The molecule has 0 bridgehead atoms. The molecule has 194 valence electrons. The lowest BCUT2D eigenvalue weighted by Crippen LogP contribution is -2.41.